The number of esters is 1. The molecule has 1 unspecified atom stereocenters. The highest BCUT2D eigenvalue weighted by atomic mass is 35.5. The number of nitrogens with one attached hydrogen (secondary N) is 1. The number of benzene rings is 2. The topological polar surface area (TPSA) is 92.8 Å². The van der Waals surface area contributed by atoms with Gasteiger partial charge in [0.05, 0.1) is 16.5 Å². The summed E-state index contributed by atoms with van der Waals surface area (Å²) in [6.45, 7) is 1.56. The third-order valence-corrected chi connectivity index (χ3v) is 7.25. The number of piperidine rings is 1. The summed E-state index contributed by atoms with van der Waals surface area (Å²) in [6, 6.07) is 8.49. The van der Waals surface area contributed by atoms with Crippen molar-refractivity contribution in [3.05, 3.63) is 59.1 Å². The Labute approximate surface area is 189 Å². The van der Waals surface area contributed by atoms with Gasteiger partial charge in [-0.05, 0) is 56.2 Å². The summed E-state index contributed by atoms with van der Waals surface area (Å²) < 4.78 is 58.6. The third kappa shape index (κ3) is 5.62. The molecular formula is C21H21ClF2N2O5S. The fourth-order valence-electron chi connectivity index (χ4n) is 3.24. The minimum atomic E-state index is -3.71. The highest BCUT2D eigenvalue weighted by Crippen LogP contribution is 2.26. The molecule has 1 heterocycles. The first-order valence-corrected chi connectivity index (χ1v) is 11.6. The van der Waals surface area contributed by atoms with E-state index in [4.69, 9.17) is 16.3 Å². The molecule has 3 rings (SSSR count). The molecule has 1 N–H and O–H groups in total. The van der Waals surface area contributed by atoms with Crippen LogP contribution in [-0.4, -0.2) is 43.8 Å². The van der Waals surface area contributed by atoms with E-state index in [2.05, 4.69) is 5.32 Å². The van der Waals surface area contributed by atoms with Crippen molar-refractivity contribution in [2.75, 3.05) is 18.4 Å². The minimum Gasteiger partial charge on any atom is -0.452 e. The number of carbonyl (C=O) groups is 2. The minimum absolute atomic E-state index is 0.112. The predicted molar refractivity (Wildman–Crippen MR) is 113 cm³/mol. The molecule has 0 spiro atoms. The molecule has 1 aliphatic heterocycles. The van der Waals surface area contributed by atoms with E-state index in [1.165, 1.54) is 35.5 Å². The Kier molecular flexibility index (Phi) is 7.47. The third-order valence-electron chi connectivity index (χ3n) is 5.09. The van der Waals surface area contributed by atoms with Gasteiger partial charge in [0.25, 0.3) is 5.91 Å². The Morgan fingerprint density at radius 3 is 2.34 bits per heavy atom. The Hall–Kier alpha value is -2.56. The van der Waals surface area contributed by atoms with Crippen molar-refractivity contribution in [2.24, 2.45) is 5.92 Å². The number of amides is 1. The van der Waals surface area contributed by atoms with E-state index in [1.807, 2.05) is 0 Å². The smallest absolute Gasteiger partial charge is 0.309 e. The molecule has 172 valence electrons. The molecule has 1 saturated heterocycles. The first-order chi connectivity index (χ1) is 15.1. The first kappa shape index (κ1) is 24.1. The maximum atomic E-state index is 13.7. The number of halogens is 3. The molecule has 0 saturated carbocycles. The molecule has 2 aromatic rings. The lowest BCUT2D eigenvalue weighted by molar-refractivity contribution is -0.158. The van der Waals surface area contributed by atoms with Gasteiger partial charge in [-0.25, -0.2) is 17.2 Å². The van der Waals surface area contributed by atoms with E-state index in [9.17, 15) is 26.8 Å². The molecule has 1 atom stereocenters. The van der Waals surface area contributed by atoms with Gasteiger partial charge in [0.15, 0.2) is 6.10 Å². The summed E-state index contributed by atoms with van der Waals surface area (Å²) in [5.41, 5.74) is -0.236. The number of ether oxygens (including phenoxy) is 1. The Bertz CT molecular complexity index is 1100. The fourth-order valence-corrected chi connectivity index (χ4v) is 4.83. The van der Waals surface area contributed by atoms with Crippen LogP contribution in [0.2, 0.25) is 5.02 Å². The molecule has 0 bridgehead atoms. The molecule has 0 aromatic heterocycles. The van der Waals surface area contributed by atoms with E-state index in [0.717, 1.165) is 12.1 Å². The zero-order valence-electron chi connectivity index (χ0n) is 17.1. The van der Waals surface area contributed by atoms with Gasteiger partial charge in [-0.1, -0.05) is 11.6 Å². The first-order valence-electron chi connectivity index (χ1n) is 9.80. The standard InChI is InChI=1S/C21H21ClF2N2O5S/c1-13(20(27)25-19-7-4-16(23)12-18(19)24)31-21(28)14-8-10-26(11-9-14)32(29,30)17-5-2-15(22)3-6-17/h2-7,12-14H,8-11H2,1H3,(H,25,27). The van der Waals surface area contributed by atoms with Crippen molar-refractivity contribution in [1.82, 2.24) is 4.31 Å². The Morgan fingerprint density at radius 1 is 1.12 bits per heavy atom. The monoisotopic (exact) mass is 486 g/mol. The second-order valence-corrected chi connectivity index (χ2v) is 9.70. The van der Waals surface area contributed by atoms with Crippen LogP contribution in [0.4, 0.5) is 14.5 Å². The fraction of sp³-hybridized carbons (Fsp3) is 0.333. The molecular weight excluding hydrogens is 466 g/mol. The van der Waals surface area contributed by atoms with Gasteiger partial charge in [-0.3, -0.25) is 9.59 Å². The van der Waals surface area contributed by atoms with Crippen LogP contribution in [0.25, 0.3) is 0 Å². The van der Waals surface area contributed by atoms with Crippen LogP contribution in [0.3, 0.4) is 0 Å². The van der Waals surface area contributed by atoms with Gasteiger partial charge in [0.2, 0.25) is 10.0 Å². The van der Waals surface area contributed by atoms with Gasteiger partial charge < -0.3 is 10.1 Å². The van der Waals surface area contributed by atoms with Crippen molar-refractivity contribution in [3.8, 4) is 0 Å². The van der Waals surface area contributed by atoms with Gasteiger partial charge in [0, 0.05) is 24.2 Å². The second kappa shape index (κ2) is 9.93. The molecule has 0 aliphatic carbocycles. The number of hydrogen-bond acceptors (Lipinski definition) is 5. The van der Waals surface area contributed by atoms with Crippen LogP contribution in [0.5, 0.6) is 0 Å². The van der Waals surface area contributed by atoms with Crippen molar-refractivity contribution < 1.29 is 31.5 Å². The number of anilines is 1. The van der Waals surface area contributed by atoms with Crippen molar-refractivity contribution in [2.45, 2.75) is 30.8 Å². The van der Waals surface area contributed by atoms with Gasteiger partial charge >= 0.3 is 5.97 Å². The van der Waals surface area contributed by atoms with Crippen LogP contribution in [0.1, 0.15) is 19.8 Å². The lowest BCUT2D eigenvalue weighted by Crippen LogP contribution is -2.41. The van der Waals surface area contributed by atoms with Gasteiger partial charge in [0.1, 0.15) is 11.6 Å². The normalized spacial score (nSPS) is 16.4. The van der Waals surface area contributed by atoms with Crippen molar-refractivity contribution >= 4 is 39.2 Å². The number of nitrogens with zero attached hydrogens (tertiary/aromatic N) is 1. The quantitative estimate of drug-likeness (QED) is 0.630. The molecule has 1 amide bonds. The summed E-state index contributed by atoms with van der Waals surface area (Å²) in [5, 5.41) is 2.66. The molecule has 11 heteroatoms. The highest BCUT2D eigenvalue weighted by molar-refractivity contribution is 7.89. The van der Waals surface area contributed by atoms with E-state index in [0.29, 0.717) is 11.1 Å². The Morgan fingerprint density at radius 2 is 1.75 bits per heavy atom. The second-order valence-electron chi connectivity index (χ2n) is 7.32. The SMILES string of the molecule is CC(OC(=O)C1CCN(S(=O)(=O)c2ccc(Cl)cc2)CC1)C(=O)Nc1ccc(F)cc1F. The number of carbonyl (C=O) groups excluding carboxylic acids is 2. The molecule has 0 radical (unpaired) electrons. The molecule has 1 aliphatic rings. The van der Waals surface area contributed by atoms with E-state index in [-0.39, 0.29) is 36.5 Å². The van der Waals surface area contributed by atoms with Crippen LogP contribution in [0, 0.1) is 17.6 Å². The van der Waals surface area contributed by atoms with Crippen molar-refractivity contribution in [1.29, 1.82) is 0 Å². The number of rotatable bonds is 6. The average molecular weight is 487 g/mol. The summed E-state index contributed by atoms with van der Waals surface area (Å²) in [6.07, 6.45) is -0.762. The van der Waals surface area contributed by atoms with Crippen LogP contribution in [0.15, 0.2) is 47.4 Å². The van der Waals surface area contributed by atoms with Crippen LogP contribution >= 0.6 is 11.6 Å². The lowest BCUT2D eigenvalue weighted by Gasteiger charge is -2.30. The zero-order valence-corrected chi connectivity index (χ0v) is 18.6. The molecule has 7 nitrogen and oxygen atoms in total. The van der Waals surface area contributed by atoms with E-state index in [1.54, 1.807) is 0 Å². The largest absolute Gasteiger partial charge is 0.452 e. The summed E-state index contributed by atoms with van der Waals surface area (Å²) in [5.74, 6) is -3.73. The van der Waals surface area contributed by atoms with E-state index >= 15 is 0 Å². The predicted octanol–water partition coefficient (Wildman–Crippen LogP) is 3.59. The van der Waals surface area contributed by atoms with Gasteiger partial charge in [-0.2, -0.15) is 4.31 Å². The Balaban J connectivity index is 1.53. The van der Waals surface area contributed by atoms with E-state index < -0.39 is 45.6 Å². The average Bonchev–Trinajstić information content (AvgIpc) is 2.76. The van der Waals surface area contributed by atoms with Crippen molar-refractivity contribution in [3.63, 3.8) is 0 Å². The molecule has 1 fully saturated rings. The number of sulfonamides is 1. The zero-order chi connectivity index (χ0) is 23.5. The molecule has 2 aromatic carbocycles. The highest BCUT2D eigenvalue weighted by Gasteiger charge is 2.34. The van der Waals surface area contributed by atoms with Gasteiger partial charge in [-0.15, -0.1) is 0 Å². The maximum Gasteiger partial charge on any atom is 0.309 e. The summed E-state index contributed by atoms with van der Waals surface area (Å²) in [7, 11) is -3.71. The molecule has 32 heavy (non-hydrogen) atoms. The van der Waals surface area contributed by atoms with Crippen LogP contribution < -0.4 is 5.32 Å². The summed E-state index contributed by atoms with van der Waals surface area (Å²) >= 11 is 5.80. The number of hydrogen-bond donors (Lipinski definition) is 1. The summed E-state index contributed by atoms with van der Waals surface area (Å²) in [4.78, 5) is 24.7. The maximum absolute atomic E-state index is 13.7. The van der Waals surface area contributed by atoms with Crippen LogP contribution in [-0.2, 0) is 24.3 Å². The lowest BCUT2D eigenvalue weighted by atomic mass is 9.98.